The van der Waals surface area contributed by atoms with Gasteiger partial charge in [0.2, 0.25) is 0 Å². The lowest BCUT2D eigenvalue weighted by molar-refractivity contribution is -0.138. The first-order chi connectivity index (χ1) is 12.3. The Balaban J connectivity index is 1.69. The third kappa shape index (κ3) is 3.56. The molecule has 0 radical (unpaired) electrons. The van der Waals surface area contributed by atoms with Crippen molar-refractivity contribution in [3.05, 3.63) is 52.9 Å². The fourth-order valence-electron chi connectivity index (χ4n) is 2.83. The molecule has 2 heterocycles. The van der Waals surface area contributed by atoms with E-state index in [1.165, 1.54) is 34.1 Å². The first-order valence-electron chi connectivity index (χ1n) is 7.95. The number of benzene rings is 1. The number of hydrogen-bond acceptors (Lipinski definition) is 4. The minimum Gasteiger partial charge on any atom is -0.361 e. The summed E-state index contributed by atoms with van der Waals surface area (Å²) in [5.74, 6) is -0.516. The molecule has 1 aliphatic rings. The van der Waals surface area contributed by atoms with Crippen LogP contribution in [-0.2, 0) is 6.18 Å². The lowest BCUT2D eigenvalue weighted by Crippen LogP contribution is -2.50. The maximum Gasteiger partial charge on any atom is 0.417 e. The van der Waals surface area contributed by atoms with E-state index in [0.29, 0.717) is 5.76 Å². The van der Waals surface area contributed by atoms with Crippen LogP contribution < -0.4 is 0 Å². The number of hydrogen-bond donors (Lipinski definition) is 0. The van der Waals surface area contributed by atoms with Crippen molar-refractivity contribution in [2.24, 2.45) is 0 Å². The molecule has 9 heteroatoms. The van der Waals surface area contributed by atoms with Gasteiger partial charge in [-0.2, -0.15) is 13.2 Å². The highest BCUT2D eigenvalue weighted by Crippen LogP contribution is 2.32. The summed E-state index contributed by atoms with van der Waals surface area (Å²) in [4.78, 5) is 27.6. The Bertz CT molecular complexity index is 824. The molecule has 1 saturated heterocycles. The predicted molar refractivity (Wildman–Crippen MR) is 84.5 cm³/mol. The van der Waals surface area contributed by atoms with E-state index in [1.807, 2.05) is 0 Å². The van der Waals surface area contributed by atoms with Gasteiger partial charge in [-0.3, -0.25) is 9.59 Å². The summed E-state index contributed by atoms with van der Waals surface area (Å²) in [5, 5.41) is 3.66. The van der Waals surface area contributed by atoms with Crippen LogP contribution in [0.25, 0.3) is 0 Å². The summed E-state index contributed by atoms with van der Waals surface area (Å²) in [6.45, 7) is 2.38. The third-order valence-corrected chi connectivity index (χ3v) is 4.16. The van der Waals surface area contributed by atoms with Gasteiger partial charge in [0.25, 0.3) is 11.8 Å². The highest BCUT2D eigenvalue weighted by Gasteiger charge is 2.36. The van der Waals surface area contributed by atoms with Crippen molar-refractivity contribution >= 4 is 11.8 Å². The van der Waals surface area contributed by atoms with Gasteiger partial charge in [-0.1, -0.05) is 17.3 Å². The average molecular weight is 367 g/mol. The van der Waals surface area contributed by atoms with Crippen LogP contribution in [-0.4, -0.2) is 52.9 Å². The second-order valence-electron chi connectivity index (χ2n) is 5.95. The zero-order valence-electron chi connectivity index (χ0n) is 13.9. The topological polar surface area (TPSA) is 66.7 Å². The van der Waals surface area contributed by atoms with Gasteiger partial charge in [-0.05, 0) is 19.1 Å². The Labute approximate surface area is 147 Å². The molecule has 138 valence electrons. The van der Waals surface area contributed by atoms with Crippen molar-refractivity contribution in [3.8, 4) is 0 Å². The molecule has 0 N–H and O–H groups in total. The van der Waals surface area contributed by atoms with E-state index in [-0.39, 0.29) is 43.3 Å². The van der Waals surface area contributed by atoms with Crippen LogP contribution in [0.15, 0.2) is 34.9 Å². The van der Waals surface area contributed by atoms with Crippen LogP contribution >= 0.6 is 0 Å². The Hall–Kier alpha value is -2.84. The molecule has 2 aromatic rings. The molecule has 1 aliphatic heterocycles. The lowest BCUT2D eigenvalue weighted by Gasteiger charge is -2.34. The van der Waals surface area contributed by atoms with Gasteiger partial charge in [-0.25, -0.2) is 0 Å². The van der Waals surface area contributed by atoms with Gasteiger partial charge in [-0.15, -0.1) is 0 Å². The monoisotopic (exact) mass is 367 g/mol. The molecule has 26 heavy (non-hydrogen) atoms. The minimum absolute atomic E-state index is 0.146. The van der Waals surface area contributed by atoms with E-state index in [9.17, 15) is 22.8 Å². The second kappa shape index (κ2) is 6.81. The number of halogens is 3. The molecule has 6 nitrogen and oxygen atoms in total. The molecule has 1 aromatic carbocycles. The van der Waals surface area contributed by atoms with Gasteiger partial charge in [0.1, 0.15) is 5.76 Å². The van der Waals surface area contributed by atoms with Crippen molar-refractivity contribution in [1.29, 1.82) is 0 Å². The fourth-order valence-corrected chi connectivity index (χ4v) is 2.83. The zero-order chi connectivity index (χ0) is 18.9. The van der Waals surface area contributed by atoms with Gasteiger partial charge in [0.15, 0.2) is 5.69 Å². The van der Waals surface area contributed by atoms with E-state index in [1.54, 1.807) is 6.92 Å². The molecule has 0 aliphatic carbocycles. The number of rotatable bonds is 2. The number of nitrogens with zero attached hydrogens (tertiary/aromatic N) is 3. The third-order valence-electron chi connectivity index (χ3n) is 4.16. The predicted octanol–water partition coefficient (Wildman–Crippen LogP) is 2.60. The Kier molecular flexibility index (Phi) is 4.71. The van der Waals surface area contributed by atoms with Gasteiger partial charge in [0.05, 0.1) is 11.1 Å². The fraction of sp³-hybridized carbons (Fsp3) is 0.353. The number of aryl methyl sites for hydroxylation is 1. The van der Waals surface area contributed by atoms with Crippen LogP contribution in [0.3, 0.4) is 0 Å². The first kappa shape index (κ1) is 18.0. The number of amides is 2. The van der Waals surface area contributed by atoms with Crippen LogP contribution in [0, 0.1) is 6.92 Å². The quantitative estimate of drug-likeness (QED) is 0.818. The maximum absolute atomic E-state index is 13.1. The summed E-state index contributed by atoms with van der Waals surface area (Å²) in [5.41, 5.74) is -1.17. The van der Waals surface area contributed by atoms with Crippen molar-refractivity contribution in [2.75, 3.05) is 26.2 Å². The summed E-state index contributed by atoms with van der Waals surface area (Å²) in [6, 6.07) is 6.21. The SMILES string of the molecule is Cc1cc(C(=O)N2CCN(C(=O)c3ccccc3C(F)(F)F)CC2)no1. The second-order valence-corrected chi connectivity index (χ2v) is 5.95. The van der Waals surface area contributed by atoms with Crippen LogP contribution in [0.5, 0.6) is 0 Å². The number of alkyl halides is 3. The minimum atomic E-state index is -4.60. The zero-order valence-corrected chi connectivity index (χ0v) is 13.9. The van der Waals surface area contributed by atoms with Gasteiger partial charge < -0.3 is 14.3 Å². The number of piperazine rings is 1. The Morgan fingerprint density at radius 3 is 2.15 bits per heavy atom. The molecule has 3 rings (SSSR count). The summed E-state index contributed by atoms with van der Waals surface area (Å²) < 4.78 is 44.2. The Morgan fingerprint density at radius 1 is 1.04 bits per heavy atom. The van der Waals surface area contributed by atoms with Crippen molar-refractivity contribution in [3.63, 3.8) is 0 Å². The Morgan fingerprint density at radius 2 is 1.62 bits per heavy atom. The summed E-state index contributed by atoms with van der Waals surface area (Å²) >= 11 is 0. The summed E-state index contributed by atoms with van der Waals surface area (Å²) in [6.07, 6.45) is -4.60. The standard InChI is InChI=1S/C17H16F3N3O3/c1-11-10-14(21-26-11)16(25)23-8-6-22(7-9-23)15(24)12-4-2-3-5-13(12)17(18,19)20/h2-5,10H,6-9H2,1H3. The molecule has 2 amide bonds. The molecule has 0 atom stereocenters. The van der Waals surface area contributed by atoms with E-state index in [0.717, 1.165) is 6.07 Å². The van der Waals surface area contributed by atoms with E-state index in [2.05, 4.69) is 5.16 Å². The molecular weight excluding hydrogens is 351 g/mol. The molecule has 0 bridgehead atoms. The van der Waals surface area contributed by atoms with E-state index < -0.39 is 17.6 Å². The number of aromatic nitrogens is 1. The lowest BCUT2D eigenvalue weighted by atomic mass is 10.1. The van der Waals surface area contributed by atoms with Gasteiger partial charge in [0, 0.05) is 32.2 Å². The van der Waals surface area contributed by atoms with Crippen molar-refractivity contribution in [2.45, 2.75) is 13.1 Å². The molecule has 1 aromatic heterocycles. The maximum atomic E-state index is 13.1. The smallest absolute Gasteiger partial charge is 0.361 e. The average Bonchev–Trinajstić information content (AvgIpc) is 3.06. The van der Waals surface area contributed by atoms with Crippen LogP contribution in [0.1, 0.15) is 32.2 Å². The van der Waals surface area contributed by atoms with Crippen molar-refractivity contribution in [1.82, 2.24) is 15.0 Å². The molecule has 1 fully saturated rings. The van der Waals surface area contributed by atoms with E-state index in [4.69, 9.17) is 4.52 Å². The largest absolute Gasteiger partial charge is 0.417 e. The summed E-state index contributed by atoms with van der Waals surface area (Å²) in [7, 11) is 0. The van der Waals surface area contributed by atoms with Crippen LogP contribution in [0.2, 0.25) is 0 Å². The number of carbonyl (C=O) groups is 2. The van der Waals surface area contributed by atoms with Crippen molar-refractivity contribution < 1.29 is 27.3 Å². The van der Waals surface area contributed by atoms with Crippen LogP contribution in [0.4, 0.5) is 13.2 Å². The highest BCUT2D eigenvalue weighted by molar-refractivity contribution is 5.96. The van der Waals surface area contributed by atoms with Gasteiger partial charge >= 0.3 is 6.18 Å². The van der Waals surface area contributed by atoms with E-state index >= 15 is 0 Å². The normalized spacial score (nSPS) is 15.2. The number of carbonyl (C=O) groups excluding carboxylic acids is 2. The molecule has 0 saturated carbocycles. The molecule has 0 spiro atoms. The molecular formula is C17H16F3N3O3. The first-order valence-corrected chi connectivity index (χ1v) is 7.95. The molecule has 0 unspecified atom stereocenters. The highest BCUT2D eigenvalue weighted by atomic mass is 19.4.